The monoisotopic (exact) mass is 516 g/mol. The average molecular weight is 517 g/mol. The second-order valence-corrected chi connectivity index (χ2v) is 13.9. The molecule has 0 aromatic rings. The van der Waals surface area contributed by atoms with Crippen molar-refractivity contribution in [3.63, 3.8) is 0 Å². The summed E-state index contributed by atoms with van der Waals surface area (Å²) in [4.78, 5) is 10.3. The number of fused-ring (bicyclic) bond motifs is 5. The average Bonchev–Trinajstić information content (AvgIpc) is 3.22. The molecule has 4 aliphatic carbocycles. The minimum Gasteiger partial charge on any atom is -0.377 e. The maximum atomic E-state index is 10.3. The lowest BCUT2D eigenvalue weighted by molar-refractivity contribution is -0.112. The first-order valence-electron chi connectivity index (χ1n) is 15.7. The molecular weight excluding hydrogens is 460 g/mol. The van der Waals surface area contributed by atoms with E-state index in [0.717, 1.165) is 48.2 Å². The van der Waals surface area contributed by atoms with Crippen LogP contribution < -0.4 is 0 Å². The number of rotatable bonds is 14. The van der Waals surface area contributed by atoms with E-state index >= 15 is 0 Å². The Morgan fingerprint density at radius 3 is 2.51 bits per heavy atom. The van der Waals surface area contributed by atoms with E-state index in [1.54, 1.807) is 5.57 Å². The van der Waals surface area contributed by atoms with Gasteiger partial charge in [0, 0.05) is 0 Å². The van der Waals surface area contributed by atoms with Crippen LogP contribution >= 0.6 is 0 Å². The highest BCUT2D eigenvalue weighted by molar-refractivity contribution is 5.50. The van der Waals surface area contributed by atoms with Crippen LogP contribution in [0.3, 0.4) is 0 Å². The van der Waals surface area contributed by atoms with Crippen molar-refractivity contribution in [1.82, 2.24) is 0 Å². The van der Waals surface area contributed by atoms with Crippen LogP contribution in [0.25, 0.3) is 0 Å². The third-order valence-corrected chi connectivity index (χ3v) is 11.4. The van der Waals surface area contributed by atoms with Crippen LogP contribution in [0.15, 0.2) is 11.6 Å². The highest BCUT2D eigenvalue weighted by Gasteiger charge is 2.59. The van der Waals surface area contributed by atoms with Crippen molar-refractivity contribution in [2.75, 3.05) is 33.0 Å². The molecule has 37 heavy (non-hydrogen) atoms. The van der Waals surface area contributed by atoms with Gasteiger partial charge in [0.2, 0.25) is 0 Å². The second-order valence-electron chi connectivity index (χ2n) is 13.9. The Hall–Kier alpha value is -0.710. The van der Waals surface area contributed by atoms with Gasteiger partial charge in [-0.1, -0.05) is 65.5 Å². The molecule has 0 aromatic carbocycles. The first kappa shape index (κ1) is 29.3. The van der Waals surface area contributed by atoms with Gasteiger partial charge in [-0.3, -0.25) is 0 Å². The van der Waals surface area contributed by atoms with Gasteiger partial charge in [0.15, 0.2) is 0 Å². The molecule has 4 heteroatoms. The molecule has 0 unspecified atom stereocenters. The fraction of sp³-hybridized carbons (Fsp3) is 0.909. The smallest absolute Gasteiger partial charge is 0.145 e. The number of allylic oxidation sites excluding steroid dienone is 1. The zero-order chi connectivity index (χ0) is 26.5. The van der Waals surface area contributed by atoms with Gasteiger partial charge in [0.25, 0.3) is 0 Å². The molecule has 0 heterocycles. The van der Waals surface area contributed by atoms with Gasteiger partial charge >= 0.3 is 0 Å². The summed E-state index contributed by atoms with van der Waals surface area (Å²) in [5.41, 5.74) is 2.66. The van der Waals surface area contributed by atoms with E-state index in [0.29, 0.717) is 43.4 Å². The largest absolute Gasteiger partial charge is 0.377 e. The van der Waals surface area contributed by atoms with E-state index in [1.807, 2.05) is 0 Å². The van der Waals surface area contributed by atoms with Gasteiger partial charge in [0.1, 0.15) is 12.9 Å². The minimum atomic E-state index is 0.149. The maximum absolute atomic E-state index is 10.3. The van der Waals surface area contributed by atoms with Gasteiger partial charge in [-0.25, -0.2) is 0 Å². The summed E-state index contributed by atoms with van der Waals surface area (Å²) in [6.07, 6.45) is 18.7. The standard InChI is InChI=1S/C33H56O4/c1-24(2)7-6-8-25(3)29-11-12-30-28-10-9-26-23-27(37-22-21-36-20-19-35-18-17-34)13-15-32(26,4)31(28)14-16-33(29,30)5/h9,17,24-25,27-31H,6-8,10-16,18-23H2,1-5H3/t25-,27+,28+,29-,30+,31+,32+,33-/m1/s1. The minimum absolute atomic E-state index is 0.149. The van der Waals surface area contributed by atoms with Crippen molar-refractivity contribution in [1.29, 1.82) is 0 Å². The zero-order valence-corrected chi connectivity index (χ0v) is 24.6. The number of hydrogen-bond donors (Lipinski definition) is 0. The van der Waals surface area contributed by atoms with Crippen LogP contribution in [0.1, 0.15) is 105 Å². The van der Waals surface area contributed by atoms with Crippen molar-refractivity contribution in [2.24, 2.45) is 46.3 Å². The van der Waals surface area contributed by atoms with Gasteiger partial charge in [-0.05, 0) is 97.7 Å². The molecule has 0 aliphatic heterocycles. The van der Waals surface area contributed by atoms with E-state index in [1.165, 1.54) is 64.2 Å². The van der Waals surface area contributed by atoms with Gasteiger partial charge < -0.3 is 19.0 Å². The zero-order valence-electron chi connectivity index (χ0n) is 24.6. The lowest BCUT2D eigenvalue weighted by atomic mass is 9.47. The van der Waals surface area contributed by atoms with Crippen LogP contribution in [0.4, 0.5) is 0 Å². The summed E-state index contributed by atoms with van der Waals surface area (Å²) in [7, 11) is 0. The van der Waals surface area contributed by atoms with Gasteiger partial charge in [0.05, 0.1) is 32.5 Å². The van der Waals surface area contributed by atoms with Crippen LogP contribution in [-0.4, -0.2) is 45.4 Å². The Balaban J connectivity index is 1.29. The third kappa shape index (κ3) is 6.55. The SMILES string of the molecule is CC(C)CCC[C@@H](C)[C@H]1CC[C@H]2[C@@H]3CC=C4C[C@@H](OCCOCCOCC=O)CC[C@]4(C)[C@H]3CC[C@]12C. The molecule has 8 atom stereocenters. The van der Waals surface area contributed by atoms with Gasteiger partial charge in [-0.15, -0.1) is 0 Å². The number of carbonyl (C=O) groups is 1. The van der Waals surface area contributed by atoms with Crippen molar-refractivity contribution in [2.45, 2.75) is 111 Å². The molecule has 212 valence electrons. The van der Waals surface area contributed by atoms with E-state index in [4.69, 9.17) is 14.2 Å². The van der Waals surface area contributed by atoms with Crippen LogP contribution in [0, 0.1) is 46.3 Å². The molecule has 4 rings (SSSR count). The summed E-state index contributed by atoms with van der Waals surface area (Å²) in [5, 5.41) is 0. The Kier molecular flexibility index (Phi) is 10.4. The Morgan fingerprint density at radius 1 is 0.946 bits per heavy atom. The molecule has 0 radical (unpaired) electrons. The molecule has 0 amide bonds. The fourth-order valence-electron chi connectivity index (χ4n) is 9.42. The maximum Gasteiger partial charge on any atom is 0.145 e. The lowest BCUT2D eigenvalue weighted by Gasteiger charge is -2.58. The van der Waals surface area contributed by atoms with Crippen molar-refractivity contribution < 1.29 is 19.0 Å². The Labute approximate surface area is 227 Å². The highest BCUT2D eigenvalue weighted by atomic mass is 16.5. The van der Waals surface area contributed by atoms with E-state index in [-0.39, 0.29) is 6.61 Å². The van der Waals surface area contributed by atoms with Crippen LogP contribution in [0.2, 0.25) is 0 Å². The molecule has 0 N–H and O–H groups in total. The predicted molar refractivity (Wildman–Crippen MR) is 150 cm³/mol. The molecule has 4 aliphatic rings. The first-order chi connectivity index (χ1) is 17.8. The first-order valence-corrected chi connectivity index (χ1v) is 15.7. The van der Waals surface area contributed by atoms with E-state index < -0.39 is 0 Å². The summed E-state index contributed by atoms with van der Waals surface area (Å²) in [6.45, 7) is 15.0. The van der Waals surface area contributed by atoms with Crippen LogP contribution in [-0.2, 0) is 19.0 Å². The topological polar surface area (TPSA) is 44.8 Å². The van der Waals surface area contributed by atoms with Crippen molar-refractivity contribution in [3.05, 3.63) is 11.6 Å². The summed E-state index contributed by atoms with van der Waals surface area (Å²) in [6, 6.07) is 0. The normalized spacial score (nSPS) is 38.0. The van der Waals surface area contributed by atoms with E-state index in [2.05, 4.69) is 40.7 Å². The third-order valence-electron chi connectivity index (χ3n) is 11.4. The molecule has 0 spiro atoms. The van der Waals surface area contributed by atoms with Crippen LogP contribution in [0.5, 0.6) is 0 Å². The number of aldehydes is 1. The quantitative estimate of drug-likeness (QED) is 0.135. The Morgan fingerprint density at radius 2 is 1.73 bits per heavy atom. The molecule has 3 saturated carbocycles. The summed E-state index contributed by atoms with van der Waals surface area (Å²) in [5.74, 6) is 5.36. The Bertz CT molecular complexity index is 761. The summed E-state index contributed by atoms with van der Waals surface area (Å²) < 4.78 is 17.0. The van der Waals surface area contributed by atoms with E-state index in [9.17, 15) is 4.79 Å². The fourth-order valence-corrected chi connectivity index (χ4v) is 9.42. The second kappa shape index (κ2) is 13.1. The molecule has 0 saturated heterocycles. The highest BCUT2D eigenvalue weighted by Crippen LogP contribution is 2.67. The summed E-state index contributed by atoms with van der Waals surface area (Å²) >= 11 is 0. The molecule has 0 bridgehead atoms. The molecule has 0 aromatic heterocycles. The number of hydrogen-bond acceptors (Lipinski definition) is 4. The van der Waals surface area contributed by atoms with Crippen molar-refractivity contribution in [3.8, 4) is 0 Å². The molecule has 4 nitrogen and oxygen atoms in total. The number of ether oxygens (including phenoxy) is 3. The van der Waals surface area contributed by atoms with Gasteiger partial charge in [-0.2, -0.15) is 0 Å². The lowest BCUT2D eigenvalue weighted by Crippen LogP contribution is -2.51. The molecule has 3 fully saturated rings. The van der Waals surface area contributed by atoms with Crippen molar-refractivity contribution >= 4 is 6.29 Å². The predicted octanol–water partition coefficient (Wildman–Crippen LogP) is 7.65. The molecular formula is C33H56O4. The number of carbonyl (C=O) groups excluding carboxylic acids is 1.